The molecule has 1 aliphatic rings. The van der Waals surface area contributed by atoms with Crippen molar-refractivity contribution in [1.82, 2.24) is 25.2 Å². The number of aromatic nitrogens is 3. The first kappa shape index (κ1) is 22.0. The maximum atomic E-state index is 13.8. The van der Waals surface area contributed by atoms with E-state index in [-0.39, 0.29) is 30.2 Å². The van der Waals surface area contributed by atoms with Crippen LogP contribution in [0.25, 0.3) is 0 Å². The van der Waals surface area contributed by atoms with Crippen LogP contribution >= 0.6 is 0 Å². The highest BCUT2D eigenvalue weighted by atomic mass is 16.2. The van der Waals surface area contributed by atoms with Crippen LogP contribution in [0.1, 0.15) is 17.0 Å². The van der Waals surface area contributed by atoms with Gasteiger partial charge in [-0.2, -0.15) is 15.0 Å². The van der Waals surface area contributed by atoms with Gasteiger partial charge in [-0.05, 0) is 23.3 Å². The molecule has 0 aliphatic carbocycles. The second-order valence-corrected chi connectivity index (χ2v) is 8.18. The van der Waals surface area contributed by atoms with Gasteiger partial charge < -0.3 is 16.4 Å². The van der Waals surface area contributed by atoms with Crippen LogP contribution in [0.2, 0.25) is 0 Å². The molecule has 3 amide bonds. The van der Waals surface area contributed by atoms with Crippen molar-refractivity contribution >= 4 is 29.5 Å². The van der Waals surface area contributed by atoms with Crippen LogP contribution in [0.15, 0.2) is 91.0 Å². The number of nitrogens with one attached hydrogen (secondary N) is 2. The maximum absolute atomic E-state index is 13.8. The van der Waals surface area contributed by atoms with E-state index in [9.17, 15) is 9.59 Å². The van der Waals surface area contributed by atoms with E-state index in [2.05, 4.69) is 25.6 Å². The number of nitrogen functional groups attached to an aromatic ring is 1. The average Bonchev–Trinajstić information content (AvgIpc) is 3.10. The van der Waals surface area contributed by atoms with Gasteiger partial charge in [-0.25, -0.2) is 4.79 Å². The third-order valence-corrected chi connectivity index (χ3v) is 5.78. The van der Waals surface area contributed by atoms with Crippen LogP contribution in [-0.4, -0.2) is 31.8 Å². The van der Waals surface area contributed by atoms with Gasteiger partial charge in [0, 0.05) is 12.1 Å². The van der Waals surface area contributed by atoms with E-state index in [4.69, 9.17) is 5.73 Å². The molecule has 3 aromatic carbocycles. The summed E-state index contributed by atoms with van der Waals surface area (Å²) in [7, 11) is 0. The monoisotopic (exact) mass is 465 g/mol. The first-order valence-electron chi connectivity index (χ1n) is 11.1. The number of carbonyl (C=O) groups excluding carboxylic acids is 2. The first-order chi connectivity index (χ1) is 17.0. The molecule has 5 rings (SSSR count). The van der Waals surface area contributed by atoms with Crippen LogP contribution in [0, 0.1) is 0 Å². The molecule has 0 radical (unpaired) electrons. The summed E-state index contributed by atoms with van der Waals surface area (Å²) < 4.78 is 0. The van der Waals surface area contributed by atoms with Gasteiger partial charge in [-0.3, -0.25) is 9.69 Å². The molecule has 0 spiro atoms. The number of rotatable bonds is 7. The molecular weight excluding hydrogens is 442 g/mol. The van der Waals surface area contributed by atoms with Crippen molar-refractivity contribution in [2.45, 2.75) is 18.5 Å². The standard InChI is InChI=1S/C26H23N7O2/c27-23-29-21(30-24(31-23)28-20-14-8-3-9-15-20)17-33-22(34)26(32-25(33)35,19-12-6-2-7-13-19)16-18-10-4-1-5-11-18/h1-15H,16-17H2,(H,32,35)(H3,27,28,29,30,31). The fourth-order valence-electron chi connectivity index (χ4n) is 4.17. The smallest absolute Gasteiger partial charge is 0.325 e. The summed E-state index contributed by atoms with van der Waals surface area (Å²) in [5, 5.41) is 6.00. The third-order valence-electron chi connectivity index (χ3n) is 5.78. The van der Waals surface area contributed by atoms with Gasteiger partial charge in [0.2, 0.25) is 11.9 Å². The Kier molecular flexibility index (Phi) is 5.80. The van der Waals surface area contributed by atoms with Crippen LogP contribution in [0.3, 0.4) is 0 Å². The minimum atomic E-state index is -1.25. The molecule has 1 aromatic heterocycles. The van der Waals surface area contributed by atoms with Crippen molar-refractivity contribution in [3.8, 4) is 0 Å². The maximum Gasteiger partial charge on any atom is 0.325 e. The summed E-state index contributed by atoms with van der Waals surface area (Å²) >= 11 is 0. The molecule has 4 N–H and O–H groups in total. The molecule has 9 nitrogen and oxygen atoms in total. The number of amides is 3. The molecule has 4 aromatic rings. The first-order valence-corrected chi connectivity index (χ1v) is 11.1. The second kappa shape index (κ2) is 9.22. The number of nitrogens with zero attached hydrogens (tertiary/aromatic N) is 4. The summed E-state index contributed by atoms with van der Waals surface area (Å²) in [6, 6.07) is 27.7. The highest BCUT2D eigenvalue weighted by molar-refractivity contribution is 6.07. The number of anilines is 3. The predicted molar refractivity (Wildman–Crippen MR) is 131 cm³/mol. The van der Waals surface area contributed by atoms with Gasteiger partial charge >= 0.3 is 6.03 Å². The lowest BCUT2D eigenvalue weighted by atomic mass is 9.83. The van der Waals surface area contributed by atoms with Crippen LogP contribution in [-0.2, 0) is 23.3 Å². The zero-order chi connectivity index (χ0) is 24.3. The minimum Gasteiger partial charge on any atom is -0.368 e. The van der Waals surface area contributed by atoms with Gasteiger partial charge in [-0.15, -0.1) is 0 Å². The fourth-order valence-corrected chi connectivity index (χ4v) is 4.17. The Balaban J connectivity index is 1.45. The lowest BCUT2D eigenvalue weighted by molar-refractivity contribution is -0.132. The van der Waals surface area contributed by atoms with Crippen molar-refractivity contribution < 1.29 is 9.59 Å². The van der Waals surface area contributed by atoms with E-state index in [1.807, 2.05) is 91.0 Å². The topological polar surface area (TPSA) is 126 Å². The molecule has 2 heterocycles. The highest BCUT2D eigenvalue weighted by Gasteiger charge is 2.52. The summed E-state index contributed by atoms with van der Waals surface area (Å²) in [5.74, 6) is 0.0283. The normalized spacial score (nSPS) is 17.3. The highest BCUT2D eigenvalue weighted by Crippen LogP contribution is 2.33. The number of benzene rings is 3. The van der Waals surface area contributed by atoms with E-state index >= 15 is 0 Å². The van der Waals surface area contributed by atoms with E-state index < -0.39 is 11.6 Å². The minimum absolute atomic E-state index is 0.0147. The van der Waals surface area contributed by atoms with Gasteiger partial charge in [-0.1, -0.05) is 78.9 Å². The Labute approximate surface area is 202 Å². The second-order valence-electron chi connectivity index (χ2n) is 8.18. The molecule has 0 saturated carbocycles. The molecule has 1 atom stereocenters. The summed E-state index contributed by atoms with van der Waals surface area (Å²) in [5.41, 5.74) is 7.04. The predicted octanol–water partition coefficient (Wildman–Crippen LogP) is 3.39. The summed E-state index contributed by atoms with van der Waals surface area (Å²) in [4.78, 5) is 40.7. The molecule has 0 bridgehead atoms. The lowest BCUT2D eigenvalue weighted by Crippen LogP contribution is -2.46. The van der Waals surface area contributed by atoms with Crippen molar-refractivity contribution in [1.29, 1.82) is 0 Å². The van der Waals surface area contributed by atoms with Crippen molar-refractivity contribution in [2.75, 3.05) is 11.1 Å². The number of hydrogen-bond acceptors (Lipinski definition) is 7. The molecule has 9 heteroatoms. The van der Waals surface area contributed by atoms with Gasteiger partial charge in [0.25, 0.3) is 5.91 Å². The Morgan fingerprint density at radius 2 is 1.46 bits per heavy atom. The summed E-state index contributed by atoms with van der Waals surface area (Å²) in [6.07, 6.45) is 0.305. The summed E-state index contributed by atoms with van der Waals surface area (Å²) in [6.45, 7) is -0.149. The van der Waals surface area contributed by atoms with Crippen molar-refractivity contribution in [3.05, 3.63) is 108 Å². The van der Waals surface area contributed by atoms with Gasteiger partial charge in [0.05, 0.1) is 6.54 Å². The molecule has 174 valence electrons. The largest absolute Gasteiger partial charge is 0.368 e. The number of nitrogens with two attached hydrogens (primary N) is 1. The van der Waals surface area contributed by atoms with Crippen LogP contribution < -0.4 is 16.4 Å². The van der Waals surface area contributed by atoms with Crippen molar-refractivity contribution in [2.24, 2.45) is 0 Å². The Morgan fingerprint density at radius 1 is 0.829 bits per heavy atom. The number of urea groups is 1. The number of para-hydroxylation sites is 1. The molecule has 35 heavy (non-hydrogen) atoms. The van der Waals surface area contributed by atoms with Gasteiger partial charge in [0.1, 0.15) is 0 Å². The number of carbonyl (C=O) groups is 2. The Bertz CT molecular complexity index is 1350. The fraction of sp³-hybridized carbons (Fsp3) is 0.115. The number of hydrogen-bond donors (Lipinski definition) is 3. The van der Waals surface area contributed by atoms with Gasteiger partial charge in [0.15, 0.2) is 11.4 Å². The van der Waals surface area contributed by atoms with E-state index in [1.54, 1.807) is 0 Å². The molecule has 1 fully saturated rings. The average molecular weight is 466 g/mol. The van der Waals surface area contributed by atoms with E-state index in [0.717, 1.165) is 16.2 Å². The zero-order valence-corrected chi connectivity index (χ0v) is 18.8. The quantitative estimate of drug-likeness (QED) is 0.357. The molecule has 1 aliphatic heterocycles. The SMILES string of the molecule is Nc1nc(CN2C(=O)NC(Cc3ccccc3)(c3ccccc3)C2=O)nc(Nc2ccccc2)n1. The molecule has 1 unspecified atom stereocenters. The van der Waals surface area contributed by atoms with Crippen LogP contribution in [0.4, 0.5) is 22.4 Å². The van der Waals surface area contributed by atoms with Crippen LogP contribution in [0.5, 0.6) is 0 Å². The number of imide groups is 1. The van der Waals surface area contributed by atoms with Crippen molar-refractivity contribution in [3.63, 3.8) is 0 Å². The third kappa shape index (κ3) is 4.51. The molecule has 1 saturated heterocycles. The van der Waals surface area contributed by atoms with E-state index in [0.29, 0.717) is 12.0 Å². The van der Waals surface area contributed by atoms with E-state index in [1.165, 1.54) is 0 Å². The molecular formula is C26H23N7O2. The lowest BCUT2D eigenvalue weighted by Gasteiger charge is -2.27. The Hall–Kier alpha value is -4.79. The zero-order valence-electron chi connectivity index (χ0n) is 18.8. The Morgan fingerprint density at radius 3 is 2.14 bits per heavy atom.